The lowest BCUT2D eigenvalue weighted by Crippen LogP contribution is -2.50. The molecule has 1 aliphatic heterocycles. The van der Waals surface area contributed by atoms with Crippen molar-refractivity contribution >= 4 is 27.5 Å². The lowest BCUT2D eigenvalue weighted by molar-refractivity contribution is -0.122. The minimum absolute atomic E-state index is 0.141. The van der Waals surface area contributed by atoms with Crippen molar-refractivity contribution in [1.82, 2.24) is 4.31 Å². The van der Waals surface area contributed by atoms with Crippen molar-refractivity contribution in [1.29, 1.82) is 0 Å². The third kappa shape index (κ3) is 2.65. The molecule has 0 spiro atoms. The maximum absolute atomic E-state index is 13.9. The van der Waals surface area contributed by atoms with Crippen molar-refractivity contribution in [2.24, 2.45) is 5.73 Å². The van der Waals surface area contributed by atoms with Crippen molar-refractivity contribution in [3.63, 3.8) is 0 Å². The van der Waals surface area contributed by atoms with Crippen molar-refractivity contribution < 1.29 is 17.6 Å². The van der Waals surface area contributed by atoms with Gasteiger partial charge in [-0.1, -0.05) is 24.1 Å². The summed E-state index contributed by atoms with van der Waals surface area (Å²) in [6, 6.07) is 2.80. The van der Waals surface area contributed by atoms with Gasteiger partial charge in [0.1, 0.15) is 10.9 Å². The van der Waals surface area contributed by atoms with Gasteiger partial charge in [0.2, 0.25) is 15.9 Å². The predicted octanol–water partition coefficient (Wildman–Crippen LogP) is 1.51. The molecule has 2 rings (SSSR count). The number of halogens is 2. The Labute approximate surface area is 121 Å². The van der Waals surface area contributed by atoms with Crippen LogP contribution >= 0.6 is 11.6 Å². The maximum Gasteiger partial charge on any atom is 0.246 e. The van der Waals surface area contributed by atoms with Crippen LogP contribution in [0, 0.1) is 5.82 Å². The first-order valence-electron chi connectivity index (χ1n) is 6.11. The van der Waals surface area contributed by atoms with Gasteiger partial charge in [0, 0.05) is 6.54 Å². The van der Waals surface area contributed by atoms with Gasteiger partial charge in [0.15, 0.2) is 5.82 Å². The highest BCUT2D eigenvalue weighted by atomic mass is 35.5. The molecule has 0 bridgehead atoms. The van der Waals surface area contributed by atoms with E-state index in [1.54, 1.807) is 0 Å². The van der Waals surface area contributed by atoms with Crippen molar-refractivity contribution in [2.75, 3.05) is 6.54 Å². The Kier molecular flexibility index (Phi) is 4.31. The quantitative estimate of drug-likeness (QED) is 0.916. The highest BCUT2D eigenvalue weighted by Gasteiger charge is 2.38. The Bertz CT molecular complexity index is 636. The molecular weight excluding hydrogens is 307 g/mol. The largest absolute Gasteiger partial charge is 0.368 e. The molecule has 1 saturated heterocycles. The van der Waals surface area contributed by atoms with Gasteiger partial charge >= 0.3 is 0 Å². The minimum Gasteiger partial charge on any atom is -0.368 e. The molecule has 1 fully saturated rings. The fourth-order valence-electron chi connectivity index (χ4n) is 2.29. The van der Waals surface area contributed by atoms with E-state index in [-0.39, 0.29) is 11.6 Å². The first kappa shape index (κ1) is 15.2. The standard InChI is InChI=1S/C12H14ClFN2O3S/c13-8-4-3-6-10(11(8)14)20(18,19)16-7-2-1-5-9(16)12(15)17/h3-4,6,9H,1-2,5,7H2,(H2,15,17). The number of nitrogens with two attached hydrogens (primary N) is 1. The summed E-state index contributed by atoms with van der Waals surface area (Å²) in [6.07, 6.45) is 1.65. The predicted molar refractivity (Wildman–Crippen MR) is 72.1 cm³/mol. The average Bonchev–Trinajstić information content (AvgIpc) is 2.41. The van der Waals surface area contributed by atoms with Crippen LogP contribution in [0.2, 0.25) is 5.02 Å². The molecule has 2 N–H and O–H groups in total. The normalized spacial score (nSPS) is 20.8. The minimum atomic E-state index is -4.14. The lowest BCUT2D eigenvalue weighted by Gasteiger charge is -2.32. The highest BCUT2D eigenvalue weighted by molar-refractivity contribution is 7.89. The zero-order valence-corrected chi connectivity index (χ0v) is 12.1. The summed E-state index contributed by atoms with van der Waals surface area (Å²) < 4.78 is 39.9. The van der Waals surface area contributed by atoms with Gasteiger partial charge < -0.3 is 5.73 Å². The molecule has 0 saturated carbocycles. The van der Waals surface area contributed by atoms with E-state index in [1.165, 1.54) is 12.1 Å². The van der Waals surface area contributed by atoms with Gasteiger partial charge in [0.25, 0.3) is 0 Å². The van der Waals surface area contributed by atoms with Gasteiger partial charge in [-0.2, -0.15) is 4.31 Å². The highest BCUT2D eigenvalue weighted by Crippen LogP contribution is 2.29. The monoisotopic (exact) mass is 320 g/mol. The molecule has 20 heavy (non-hydrogen) atoms. The van der Waals surface area contributed by atoms with E-state index in [0.717, 1.165) is 10.4 Å². The second kappa shape index (κ2) is 5.67. The Balaban J connectivity index is 2.48. The van der Waals surface area contributed by atoms with E-state index in [1.807, 2.05) is 0 Å². The first-order valence-corrected chi connectivity index (χ1v) is 7.92. The topological polar surface area (TPSA) is 80.5 Å². The van der Waals surface area contributed by atoms with E-state index < -0.39 is 32.7 Å². The number of piperidine rings is 1. The number of hydrogen-bond acceptors (Lipinski definition) is 3. The summed E-state index contributed by atoms with van der Waals surface area (Å²) in [5.41, 5.74) is 5.24. The summed E-state index contributed by atoms with van der Waals surface area (Å²) in [5.74, 6) is -1.74. The Morgan fingerprint density at radius 3 is 2.75 bits per heavy atom. The third-order valence-electron chi connectivity index (χ3n) is 3.28. The second-order valence-electron chi connectivity index (χ2n) is 4.58. The van der Waals surface area contributed by atoms with Gasteiger partial charge in [-0.15, -0.1) is 0 Å². The first-order chi connectivity index (χ1) is 9.35. The van der Waals surface area contributed by atoms with Crippen LogP contribution < -0.4 is 5.73 Å². The summed E-state index contributed by atoms with van der Waals surface area (Å²) >= 11 is 5.61. The molecule has 1 unspecified atom stereocenters. The maximum atomic E-state index is 13.9. The summed E-state index contributed by atoms with van der Waals surface area (Å²) in [4.78, 5) is 10.9. The molecule has 5 nitrogen and oxygen atoms in total. The molecule has 1 aromatic rings. The number of primary amides is 1. The van der Waals surface area contributed by atoms with Gasteiger partial charge in [-0.3, -0.25) is 4.79 Å². The zero-order chi connectivity index (χ0) is 14.9. The number of nitrogens with zero attached hydrogens (tertiary/aromatic N) is 1. The van der Waals surface area contributed by atoms with Crippen LogP contribution in [-0.4, -0.2) is 31.2 Å². The van der Waals surface area contributed by atoms with E-state index in [2.05, 4.69) is 0 Å². The zero-order valence-electron chi connectivity index (χ0n) is 10.6. The molecule has 1 heterocycles. The third-order valence-corrected chi connectivity index (χ3v) is 5.50. The Morgan fingerprint density at radius 2 is 2.10 bits per heavy atom. The molecule has 0 aliphatic carbocycles. The lowest BCUT2D eigenvalue weighted by atomic mass is 10.0. The molecular formula is C12H14ClFN2O3S. The molecule has 110 valence electrons. The fraction of sp³-hybridized carbons (Fsp3) is 0.417. The van der Waals surface area contributed by atoms with Gasteiger partial charge in [-0.05, 0) is 25.0 Å². The van der Waals surface area contributed by atoms with Gasteiger partial charge in [0.05, 0.1) is 5.02 Å². The van der Waals surface area contributed by atoms with Crippen LogP contribution in [0.5, 0.6) is 0 Å². The number of rotatable bonds is 3. The molecule has 1 atom stereocenters. The number of hydrogen-bond donors (Lipinski definition) is 1. The fourth-order valence-corrected chi connectivity index (χ4v) is 4.27. The number of benzene rings is 1. The van der Waals surface area contributed by atoms with E-state index >= 15 is 0 Å². The van der Waals surface area contributed by atoms with Crippen molar-refractivity contribution in [3.05, 3.63) is 29.0 Å². The van der Waals surface area contributed by atoms with Crippen LogP contribution in [0.1, 0.15) is 19.3 Å². The van der Waals surface area contributed by atoms with Crippen LogP contribution in [0.25, 0.3) is 0 Å². The molecule has 0 aromatic heterocycles. The Hall–Kier alpha value is -1.18. The summed E-state index contributed by atoms with van der Waals surface area (Å²) in [5, 5.41) is -0.279. The number of carbonyl (C=O) groups excluding carboxylic acids is 1. The van der Waals surface area contributed by atoms with Crippen LogP contribution in [0.15, 0.2) is 23.1 Å². The van der Waals surface area contributed by atoms with Crippen LogP contribution in [0.3, 0.4) is 0 Å². The van der Waals surface area contributed by atoms with Gasteiger partial charge in [-0.25, -0.2) is 12.8 Å². The van der Waals surface area contributed by atoms with Crippen molar-refractivity contribution in [3.8, 4) is 0 Å². The Morgan fingerprint density at radius 1 is 1.40 bits per heavy atom. The SMILES string of the molecule is NC(=O)C1CCCCN1S(=O)(=O)c1cccc(Cl)c1F. The van der Waals surface area contributed by atoms with Crippen molar-refractivity contribution in [2.45, 2.75) is 30.2 Å². The number of amides is 1. The second-order valence-corrected chi connectivity index (χ2v) is 6.85. The van der Waals surface area contributed by atoms with E-state index in [9.17, 15) is 17.6 Å². The summed E-state index contributed by atoms with van der Waals surface area (Å²) in [7, 11) is -4.14. The summed E-state index contributed by atoms with van der Waals surface area (Å²) in [6.45, 7) is 0.141. The van der Waals surface area contributed by atoms with Crippen LogP contribution in [0.4, 0.5) is 4.39 Å². The molecule has 1 aliphatic rings. The van der Waals surface area contributed by atoms with E-state index in [0.29, 0.717) is 19.3 Å². The molecule has 0 radical (unpaired) electrons. The number of carbonyl (C=O) groups is 1. The smallest absolute Gasteiger partial charge is 0.246 e. The molecule has 8 heteroatoms. The van der Waals surface area contributed by atoms with E-state index in [4.69, 9.17) is 17.3 Å². The molecule has 1 amide bonds. The average molecular weight is 321 g/mol. The number of sulfonamides is 1. The van der Waals surface area contributed by atoms with Crippen LogP contribution in [-0.2, 0) is 14.8 Å². The molecule has 1 aromatic carbocycles.